The number of hydrogen-bond acceptors (Lipinski definition) is 3. The van der Waals surface area contributed by atoms with Crippen LogP contribution in [0.15, 0.2) is 48.5 Å². The Morgan fingerprint density at radius 3 is 2.40 bits per heavy atom. The smallest absolute Gasteiger partial charge is 0.339 e. The maximum atomic E-state index is 11.4. The summed E-state index contributed by atoms with van der Waals surface area (Å²) in [5.74, 6) is -1.01. The Labute approximate surface area is 116 Å². The van der Waals surface area contributed by atoms with Crippen LogP contribution in [0.25, 0.3) is 0 Å². The first-order chi connectivity index (χ1) is 9.58. The van der Waals surface area contributed by atoms with Crippen LogP contribution in [0.5, 0.6) is 5.75 Å². The van der Waals surface area contributed by atoms with Crippen LogP contribution in [0.2, 0.25) is 0 Å². The molecule has 1 N–H and O–H groups in total. The van der Waals surface area contributed by atoms with Crippen molar-refractivity contribution >= 4 is 11.8 Å². The van der Waals surface area contributed by atoms with Crippen molar-refractivity contribution in [3.63, 3.8) is 0 Å². The van der Waals surface area contributed by atoms with Gasteiger partial charge in [-0.05, 0) is 24.6 Å². The summed E-state index contributed by atoms with van der Waals surface area (Å²) in [6, 6.07) is 13.8. The predicted molar refractivity (Wildman–Crippen MR) is 74.2 cm³/mol. The number of rotatable bonds is 5. The lowest BCUT2D eigenvalue weighted by molar-refractivity contribution is 0.0691. The average Bonchev–Trinajstić information content (AvgIpc) is 2.45. The normalized spacial score (nSPS) is 10.1. The van der Waals surface area contributed by atoms with Crippen LogP contribution >= 0.6 is 0 Å². The summed E-state index contributed by atoms with van der Waals surface area (Å²) in [5.41, 5.74) is 1.40. The fourth-order valence-corrected chi connectivity index (χ4v) is 1.77. The zero-order valence-corrected chi connectivity index (χ0v) is 11.0. The van der Waals surface area contributed by atoms with E-state index in [1.165, 1.54) is 25.1 Å². The average molecular weight is 270 g/mol. The molecule has 0 amide bonds. The summed E-state index contributed by atoms with van der Waals surface area (Å²) in [6.45, 7) is 1.68. The number of ketones is 1. The first-order valence-electron chi connectivity index (χ1n) is 6.13. The maximum Gasteiger partial charge on any atom is 0.339 e. The van der Waals surface area contributed by atoms with Crippen LogP contribution in [0.1, 0.15) is 33.2 Å². The van der Waals surface area contributed by atoms with Crippen LogP contribution in [0.4, 0.5) is 0 Å². The summed E-state index contributed by atoms with van der Waals surface area (Å²) in [6.07, 6.45) is 0. The third kappa shape index (κ3) is 3.23. The Kier molecular flexibility index (Phi) is 4.15. The van der Waals surface area contributed by atoms with E-state index >= 15 is 0 Å². The lowest BCUT2D eigenvalue weighted by Gasteiger charge is -2.10. The van der Waals surface area contributed by atoms with Gasteiger partial charge in [-0.2, -0.15) is 0 Å². The summed E-state index contributed by atoms with van der Waals surface area (Å²) >= 11 is 0. The zero-order valence-electron chi connectivity index (χ0n) is 11.0. The molecule has 2 rings (SSSR count). The molecule has 0 fully saturated rings. The van der Waals surface area contributed by atoms with E-state index in [1.807, 2.05) is 30.3 Å². The van der Waals surface area contributed by atoms with Crippen LogP contribution in [0, 0.1) is 0 Å². The Morgan fingerprint density at radius 1 is 1.10 bits per heavy atom. The summed E-state index contributed by atoms with van der Waals surface area (Å²) in [5, 5.41) is 9.13. The quantitative estimate of drug-likeness (QED) is 0.847. The molecule has 102 valence electrons. The lowest BCUT2D eigenvalue weighted by Crippen LogP contribution is -2.05. The molecular formula is C16H14O4. The van der Waals surface area contributed by atoms with Crippen molar-refractivity contribution in [3.8, 4) is 5.75 Å². The highest BCUT2D eigenvalue weighted by Crippen LogP contribution is 2.22. The minimum atomic E-state index is -1.08. The van der Waals surface area contributed by atoms with Gasteiger partial charge in [0.25, 0.3) is 0 Å². The Hall–Kier alpha value is -2.62. The van der Waals surface area contributed by atoms with Gasteiger partial charge in [0.05, 0.1) is 0 Å². The van der Waals surface area contributed by atoms with Gasteiger partial charge in [-0.1, -0.05) is 36.4 Å². The van der Waals surface area contributed by atoms with E-state index in [4.69, 9.17) is 9.84 Å². The number of carboxylic acid groups (broad SMARTS) is 1. The van der Waals surface area contributed by atoms with Crippen molar-refractivity contribution in [2.45, 2.75) is 13.5 Å². The number of Topliss-reactive ketones (excluding diaryl/α,β-unsaturated/α-hetero) is 1. The molecule has 0 aliphatic carbocycles. The van der Waals surface area contributed by atoms with Crippen LogP contribution in [0.3, 0.4) is 0 Å². The van der Waals surface area contributed by atoms with Crippen molar-refractivity contribution in [1.82, 2.24) is 0 Å². The molecule has 4 nitrogen and oxygen atoms in total. The summed E-state index contributed by atoms with van der Waals surface area (Å²) in [7, 11) is 0. The highest BCUT2D eigenvalue weighted by Gasteiger charge is 2.13. The number of carboxylic acids is 1. The molecule has 4 heteroatoms. The van der Waals surface area contributed by atoms with Gasteiger partial charge in [0.15, 0.2) is 5.78 Å². The van der Waals surface area contributed by atoms with Crippen LogP contribution in [-0.4, -0.2) is 16.9 Å². The minimum Gasteiger partial charge on any atom is -0.488 e. The van der Waals surface area contributed by atoms with E-state index in [1.54, 1.807) is 0 Å². The Morgan fingerprint density at radius 2 is 1.80 bits per heavy atom. The largest absolute Gasteiger partial charge is 0.488 e. The van der Waals surface area contributed by atoms with E-state index in [9.17, 15) is 9.59 Å². The molecule has 0 aliphatic heterocycles. The molecule has 0 radical (unpaired) electrons. The molecule has 0 spiro atoms. The molecule has 0 atom stereocenters. The second-order valence-corrected chi connectivity index (χ2v) is 4.35. The van der Waals surface area contributed by atoms with Crippen molar-refractivity contribution < 1.29 is 19.4 Å². The SMILES string of the molecule is CC(=O)c1ccc(C(=O)O)c(OCc2ccccc2)c1. The zero-order chi connectivity index (χ0) is 14.5. The van der Waals surface area contributed by atoms with Gasteiger partial charge in [-0.15, -0.1) is 0 Å². The third-order valence-corrected chi connectivity index (χ3v) is 2.86. The fraction of sp³-hybridized carbons (Fsp3) is 0.125. The van der Waals surface area contributed by atoms with Gasteiger partial charge in [-0.25, -0.2) is 4.79 Å². The number of hydrogen-bond donors (Lipinski definition) is 1. The molecule has 0 aromatic heterocycles. The van der Waals surface area contributed by atoms with E-state index in [2.05, 4.69) is 0 Å². The van der Waals surface area contributed by atoms with E-state index in [0.717, 1.165) is 5.56 Å². The first-order valence-corrected chi connectivity index (χ1v) is 6.13. The number of ether oxygens (including phenoxy) is 1. The van der Waals surface area contributed by atoms with E-state index in [0.29, 0.717) is 5.56 Å². The molecule has 0 bridgehead atoms. The van der Waals surface area contributed by atoms with Gasteiger partial charge in [-0.3, -0.25) is 4.79 Å². The Bertz CT molecular complexity index is 632. The van der Waals surface area contributed by atoms with Crippen LogP contribution < -0.4 is 4.74 Å². The summed E-state index contributed by atoms with van der Waals surface area (Å²) < 4.78 is 5.54. The molecule has 2 aromatic rings. The number of aromatic carboxylic acids is 1. The maximum absolute atomic E-state index is 11.4. The highest BCUT2D eigenvalue weighted by atomic mass is 16.5. The van der Waals surface area contributed by atoms with Gasteiger partial charge >= 0.3 is 5.97 Å². The molecule has 0 saturated carbocycles. The standard InChI is InChI=1S/C16H14O4/c1-11(17)13-7-8-14(16(18)19)15(9-13)20-10-12-5-3-2-4-6-12/h2-9H,10H2,1H3,(H,18,19). The molecular weight excluding hydrogens is 256 g/mol. The monoisotopic (exact) mass is 270 g/mol. The molecule has 2 aromatic carbocycles. The van der Waals surface area contributed by atoms with E-state index in [-0.39, 0.29) is 23.7 Å². The Balaban J connectivity index is 2.26. The number of benzene rings is 2. The molecule has 0 unspecified atom stereocenters. The van der Waals surface area contributed by atoms with Gasteiger partial charge in [0.2, 0.25) is 0 Å². The second kappa shape index (κ2) is 6.02. The van der Waals surface area contributed by atoms with Gasteiger partial charge in [0.1, 0.15) is 17.9 Å². The molecule has 0 saturated heterocycles. The highest BCUT2D eigenvalue weighted by molar-refractivity contribution is 5.97. The van der Waals surface area contributed by atoms with Crippen molar-refractivity contribution in [3.05, 3.63) is 65.2 Å². The fourth-order valence-electron chi connectivity index (χ4n) is 1.77. The van der Waals surface area contributed by atoms with Crippen molar-refractivity contribution in [1.29, 1.82) is 0 Å². The first kappa shape index (κ1) is 13.8. The van der Waals surface area contributed by atoms with Crippen LogP contribution in [-0.2, 0) is 6.61 Å². The van der Waals surface area contributed by atoms with Gasteiger partial charge < -0.3 is 9.84 Å². The predicted octanol–water partition coefficient (Wildman–Crippen LogP) is 3.17. The van der Waals surface area contributed by atoms with Gasteiger partial charge in [0, 0.05) is 5.56 Å². The molecule has 0 aliphatic rings. The van der Waals surface area contributed by atoms with Crippen molar-refractivity contribution in [2.75, 3.05) is 0 Å². The second-order valence-electron chi connectivity index (χ2n) is 4.35. The van der Waals surface area contributed by atoms with E-state index < -0.39 is 5.97 Å². The minimum absolute atomic E-state index is 0.0472. The topological polar surface area (TPSA) is 63.6 Å². The third-order valence-electron chi connectivity index (χ3n) is 2.86. The molecule has 0 heterocycles. The number of carbonyl (C=O) groups is 2. The summed E-state index contributed by atoms with van der Waals surface area (Å²) in [4.78, 5) is 22.5. The number of carbonyl (C=O) groups excluding carboxylic acids is 1. The molecule has 20 heavy (non-hydrogen) atoms. The lowest BCUT2D eigenvalue weighted by atomic mass is 10.1. The van der Waals surface area contributed by atoms with Crippen molar-refractivity contribution in [2.24, 2.45) is 0 Å².